The number of halogens is 3. The van der Waals surface area contributed by atoms with E-state index in [1.54, 1.807) is 11.8 Å². The molecule has 1 saturated carbocycles. The third-order valence-electron chi connectivity index (χ3n) is 3.26. The number of rotatable bonds is 5. The molecule has 3 unspecified atom stereocenters. The first-order chi connectivity index (χ1) is 7.95. The predicted octanol–water partition coefficient (Wildman–Crippen LogP) is 3.84. The van der Waals surface area contributed by atoms with Crippen LogP contribution in [0.5, 0.6) is 0 Å². The van der Waals surface area contributed by atoms with Crippen LogP contribution in [0.4, 0.5) is 13.2 Å². The molecule has 0 aromatic carbocycles. The maximum absolute atomic E-state index is 12.8. The average Bonchev–Trinajstić information content (AvgIpc) is 2.25. The van der Waals surface area contributed by atoms with Crippen molar-refractivity contribution in [1.82, 2.24) is 5.32 Å². The van der Waals surface area contributed by atoms with E-state index in [0.717, 1.165) is 17.9 Å². The molecule has 0 amide bonds. The van der Waals surface area contributed by atoms with Crippen LogP contribution in [0.1, 0.15) is 39.5 Å². The third kappa shape index (κ3) is 5.08. The zero-order chi connectivity index (χ0) is 12.9. The minimum Gasteiger partial charge on any atom is -0.310 e. The van der Waals surface area contributed by atoms with Gasteiger partial charge in [-0.25, -0.2) is 0 Å². The molecule has 1 N–H and O–H groups in total. The highest BCUT2D eigenvalue weighted by Gasteiger charge is 2.45. The second-order valence-corrected chi connectivity index (χ2v) is 6.09. The third-order valence-corrected chi connectivity index (χ3v) is 4.40. The Bertz CT molecular complexity index is 220. The Morgan fingerprint density at radius 3 is 2.53 bits per heavy atom. The van der Waals surface area contributed by atoms with Gasteiger partial charge in [-0.1, -0.05) is 19.8 Å². The van der Waals surface area contributed by atoms with Crippen LogP contribution in [0, 0.1) is 5.92 Å². The number of hydrogen-bond donors (Lipinski definition) is 1. The van der Waals surface area contributed by atoms with E-state index in [1.165, 1.54) is 0 Å². The molecule has 1 nitrogen and oxygen atoms in total. The van der Waals surface area contributed by atoms with E-state index in [2.05, 4.69) is 12.2 Å². The molecule has 1 rings (SSSR count). The zero-order valence-electron chi connectivity index (χ0n) is 10.5. The van der Waals surface area contributed by atoms with Crippen molar-refractivity contribution in [2.24, 2.45) is 5.92 Å². The second kappa shape index (κ2) is 6.88. The van der Waals surface area contributed by atoms with Crippen molar-refractivity contribution in [2.75, 3.05) is 11.5 Å². The fraction of sp³-hybridized carbons (Fsp3) is 1.00. The molecule has 0 heterocycles. The van der Waals surface area contributed by atoms with Crippen LogP contribution in [0.25, 0.3) is 0 Å². The minimum absolute atomic E-state index is 0.160. The van der Waals surface area contributed by atoms with Crippen LogP contribution in [0.15, 0.2) is 0 Å². The number of thioether (sulfide) groups is 1. The lowest BCUT2D eigenvalue weighted by molar-refractivity contribution is -0.189. The number of alkyl halides is 3. The van der Waals surface area contributed by atoms with E-state index in [0.29, 0.717) is 12.8 Å². The first-order valence-corrected chi connectivity index (χ1v) is 7.51. The van der Waals surface area contributed by atoms with Gasteiger partial charge in [0.25, 0.3) is 0 Å². The summed E-state index contributed by atoms with van der Waals surface area (Å²) >= 11 is 1.77. The molecule has 0 aromatic rings. The van der Waals surface area contributed by atoms with Crippen LogP contribution in [-0.2, 0) is 0 Å². The molecule has 0 spiro atoms. The summed E-state index contributed by atoms with van der Waals surface area (Å²) in [6, 6.07) is -0.218. The molecule has 17 heavy (non-hydrogen) atoms. The molecule has 1 aliphatic rings. The standard InChI is InChI=1S/C12H22F3NS/c1-3-17-8-9(2)16-11-7-5-4-6-10(11)12(13,14)15/h9-11,16H,3-8H2,1-2H3. The minimum atomic E-state index is -4.05. The zero-order valence-corrected chi connectivity index (χ0v) is 11.3. The van der Waals surface area contributed by atoms with Gasteiger partial charge in [-0.2, -0.15) is 24.9 Å². The van der Waals surface area contributed by atoms with Gasteiger partial charge in [-0.3, -0.25) is 0 Å². The van der Waals surface area contributed by atoms with Crippen molar-refractivity contribution in [3.8, 4) is 0 Å². The van der Waals surface area contributed by atoms with Crippen LogP contribution in [0.2, 0.25) is 0 Å². The maximum atomic E-state index is 12.8. The van der Waals surface area contributed by atoms with Gasteiger partial charge in [0, 0.05) is 17.8 Å². The summed E-state index contributed by atoms with van der Waals surface area (Å²) in [7, 11) is 0. The highest BCUT2D eigenvalue weighted by molar-refractivity contribution is 7.99. The van der Waals surface area contributed by atoms with Crippen LogP contribution in [-0.4, -0.2) is 29.8 Å². The Hall–Kier alpha value is 0.100. The highest BCUT2D eigenvalue weighted by Crippen LogP contribution is 2.37. The molecule has 0 aliphatic heterocycles. The average molecular weight is 269 g/mol. The summed E-state index contributed by atoms with van der Waals surface area (Å²) in [6.07, 6.45) is -1.48. The topological polar surface area (TPSA) is 12.0 Å². The fourth-order valence-corrected chi connectivity index (χ4v) is 3.12. The van der Waals surface area contributed by atoms with E-state index in [1.807, 2.05) is 6.92 Å². The molecule has 0 saturated heterocycles. The molecule has 0 bridgehead atoms. The predicted molar refractivity (Wildman–Crippen MR) is 67.4 cm³/mol. The van der Waals surface area contributed by atoms with Gasteiger partial charge in [-0.15, -0.1) is 0 Å². The van der Waals surface area contributed by atoms with Crippen molar-refractivity contribution in [3.05, 3.63) is 0 Å². The van der Waals surface area contributed by atoms with Gasteiger partial charge in [0.05, 0.1) is 5.92 Å². The largest absolute Gasteiger partial charge is 0.393 e. The maximum Gasteiger partial charge on any atom is 0.393 e. The lowest BCUT2D eigenvalue weighted by atomic mass is 9.83. The quantitative estimate of drug-likeness (QED) is 0.814. The summed E-state index contributed by atoms with van der Waals surface area (Å²) < 4.78 is 38.5. The normalized spacial score (nSPS) is 28.1. The van der Waals surface area contributed by atoms with E-state index in [9.17, 15) is 13.2 Å². The van der Waals surface area contributed by atoms with Crippen molar-refractivity contribution >= 4 is 11.8 Å². The van der Waals surface area contributed by atoms with E-state index >= 15 is 0 Å². The Balaban J connectivity index is 2.48. The molecule has 0 aromatic heterocycles. The molecule has 3 atom stereocenters. The summed E-state index contributed by atoms with van der Waals surface area (Å²) in [5.41, 5.74) is 0. The molecule has 1 aliphatic carbocycles. The fourth-order valence-electron chi connectivity index (χ4n) is 2.43. The van der Waals surface area contributed by atoms with E-state index in [4.69, 9.17) is 0 Å². The lowest BCUT2D eigenvalue weighted by Gasteiger charge is -2.35. The van der Waals surface area contributed by atoms with Gasteiger partial charge in [0.2, 0.25) is 0 Å². The number of nitrogens with one attached hydrogen (secondary N) is 1. The SMILES string of the molecule is CCSCC(C)NC1CCCCC1C(F)(F)F. The van der Waals surface area contributed by atoms with E-state index < -0.39 is 12.1 Å². The molecule has 1 fully saturated rings. The van der Waals surface area contributed by atoms with E-state index in [-0.39, 0.29) is 18.5 Å². The molecular formula is C12H22F3NS. The van der Waals surface area contributed by atoms with Gasteiger partial charge < -0.3 is 5.32 Å². The van der Waals surface area contributed by atoms with Crippen molar-refractivity contribution in [2.45, 2.75) is 57.8 Å². The molecule has 0 radical (unpaired) electrons. The smallest absolute Gasteiger partial charge is 0.310 e. The first kappa shape index (κ1) is 15.2. The molecule has 102 valence electrons. The Kier molecular flexibility index (Phi) is 6.13. The summed E-state index contributed by atoms with van der Waals surface area (Å²) in [6.45, 7) is 4.04. The van der Waals surface area contributed by atoms with Gasteiger partial charge in [0.15, 0.2) is 0 Å². The Morgan fingerprint density at radius 1 is 1.29 bits per heavy atom. The van der Waals surface area contributed by atoms with Gasteiger partial charge >= 0.3 is 6.18 Å². The summed E-state index contributed by atoms with van der Waals surface area (Å²) in [5.74, 6) is 0.752. The Morgan fingerprint density at radius 2 is 1.94 bits per heavy atom. The Labute approximate surface area is 106 Å². The van der Waals surface area contributed by atoms with Crippen LogP contribution < -0.4 is 5.32 Å². The van der Waals surface area contributed by atoms with Crippen LogP contribution >= 0.6 is 11.8 Å². The van der Waals surface area contributed by atoms with Gasteiger partial charge in [-0.05, 0) is 25.5 Å². The lowest BCUT2D eigenvalue weighted by Crippen LogP contribution is -2.49. The number of hydrogen-bond acceptors (Lipinski definition) is 2. The highest BCUT2D eigenvalue weighted by atomic mass is 32.2. The van der Waals surface area contributed by atoms with Crippen LogP contribution in [0.3, 0.4) is 0 Å². The van der Waals surface area contributed by atoms with Gasteiger partial charge in [0.1, 0.15) is 0 Å². The monoisotopic (exact) mass is 269 g/mol. The van der Waals surface area contributed by atoms with Crippen molar-refractivity contribution in [1.29, 1.82) is 0 Å². The molecular weight excluding hydrogens is 247 g/mol. The second-order valence-electron chi connectivity index (χ2n) is 4.77. The molecule has 5 heteroatoms. The van der Waals surface area contributed by atoms with Crippen molar-refractivity contribution in [3.63, 3.8) is 0 Å². The first-order valence-electron chi connectivity index (χ1n) is 6.35. The summed E-state index contributed by atoms with van der Waals surface area (Å²) in [4.78, 5) is 0. The van der Waals surface area contributed by atoms with Crippen molar-refractivity contribution < 1.29 is 13.2 Å². The summed E-state index contributed by atoms with van der Waals surface area (Å²) in [5, 5.41) is 3.17.